The molecule has 3 heterocycles. The van der Waals surface area contributed by atoms with E-state index in [1.165, 1.54) is 23.5 Å². The first-order chi connectivity index (χ1) is 16.5. The second-order valence-corrected chi connectivity index (χ2v) is 8.97. The molecule has 172 valence electrons. The number of halogens is 2. The summed E-state index contributed by atoms with van der Waals surface area (Å²) >= 11 is 7.47. The van der Waals surface area contributed by atoms with Crippen molar-refractivity contribution in [3.05, 3.63) is 81.4 Å². The fourth-order valence-corrected chi connectivity index (χ4v) is 4.91. The Kier molecular flexibility index (Phi) is 6.12. The van der Waals surface area contributed by atoms with Gasteiger partial charge in [0.05, 0.1) is 28.4 Å². The van der Waals surface area contributed by atoms with Gasteiger partial charge in [-0.15, -0.1) is 11.3 Å². The maximum atomic E-state index is 14.1. The lowest BCUT2D eigenvalue weighted by Crippen LogP contribution is -2.28. The fraction of sp³-hybridized carbons (Fsp3) is 0.167. The van der Waals surface area contributed by atoms with Crippen molar-refractivity contribution in [2.45, 2.75) is 12.8 Å². The van der Waals surface area contributed by atoms with Crippen molar-refractivity contribution in [2.24, 2.45) is 0 Å². The minimum Gasteiger partial charge on any atom is -0.510 e. The molecule has 0 aliphatic carbocycles. The molecule has 0 spiro atoms. The van der Waals surface area contributed by atoms with Crippen LogP contribution in [0, 0.1) is 11.2 Å². The summed E-state index contributed by atoms with van der Waals surface area (Å²) in [6.07, 6.45) is 1.04. The molecule has 1 aliphatic rings. The number of amidine groups is 1. The van der Waals surface area contributed by atoms with Crippen molar-refractivity contribution in [1.82, 2.24) is 20.0 Å². The number of aliphatic hydroxyl groups is 1. The fourth-order valence-electron chi connectivity index (χ4n) is 3.77. The SMILES string of the molecule is N=C1C(c2nc(-c3ccccc3)cs2)=C(O)CN1CCCc1nc(-c2c(F)cccc2Cl)no1. The van der Waals surface area contributed by atoms with Gasteiger partial charge < -0.3 is 14.5 Å². The summed E-state index contributed by atoms with van der Waals surface area (Å²) in [5.74, 6) is 0.303. The van der Waals surface area contributed by atoms with E-state index in [-0.39, 0.29) is 34.6 Å². The van der Waals surface area contributed by atoms with Gasteiger partial charge >= 0.3 is 0 Å². The van der Waals surface area contributed by atoms with Gasteiger partial charge in [0, 0.05) is 23.9 Å². The van der Waals surface area contributed by atoms with Crippen molar-refractivity contribution < 1.29 is 14.0 Å². The van der Waals surface area contributed by atoms with Crippen LogP contribution in [0.3, 0.4) is 0 Å². The summed E-state index contributed by atoms with van der Waals surface area (Å²) in [4.78, 5) is 10.7. The van der Waals surface area contributed by atoms with Crippen LogP contribution < -0.4 is 0 Å². The number of hydrogen-bond donors (Lipinski definition) is 2. The Balaban J connectivity index is 1.21. The first-order valence-electron chi connectivity index (χ1n) is 10.6. The highest BCUT2D eigenvalue weighted by molar-refractivity contribution is 7.11. The molecular weight excluding hydrogens is 477 g/mol. The van der Waals surface area contributed by atoms with E-state index in [4.69, 9.17) is 21.5 Å². The third kappa shape index (κ3) is 4.32. The second kappa shape index (κ2) is 9.36. The minimum atomic E-state index is -0.517. The van der Waals surface area contributed by atoms with E-state index in [2.05, 4.69) is 15.1 Å². The smallest absolute Gasteiger partial charge is 0.227 e. The lowest BCUT2D eigenvalue weighted by molar-refractivity contribution is 0.337. The summed E-state index contributed by atoms with van der Waals surface area (Å²) in [6, 6.07) is 14.2. The third-order valence-corrected chi connectivity index (χ3v) is 6.62. The number of benzene rings is 2. The number of hydrogen-bond acceptors (Lipinski definition) is 7. The van der Waals surface area contributed by atoms with Crippen LogP contribution in [0.1, 0.15) is 17.3 Å². The second-order valence-electron chi connectivity index (χ2n) is 7.71. The number of aliphatic hydroxyl groups excluding tert-OH is 1. The normalized spacial score (nSPS) is 13.8. The number of rotatable bonds is 7. The number of thiazole rings is 1. The van der Waals surface area contributed by atoms with Crippen LogP contribution >= 0.6 is 22.9 Å². The van der Waals surface area contributed by atoms with E-state index in [0.717, 1.165) is 11.3 Å². The molecule has 0 radical (unpaired) electrons. The van der Waals surface area contributed by atoms with Crippen LogP contribution in [0.5, 0.6) is 0 Å². The van der Waals surface area contributed by atoms with Crippen LogP contribution in [0.15, 0.2) is 64.2 Å². The molecule has 34 heavy (non-hydrogen) atoms. The zero-order chi connectivity index (χ0) is 23.7. The van der Waals surface area contributed by atoms with Crippen molar-refractivity contribution in [1.29, 1.82) is 5.41 Å². The molecule has 0 unspecified atom stereocenters. The Labute approximate surface area is 203 Å². The van der Waals surface area contributed by atoms with Gasteiger partial charge in [0.15, 0.2) is 0 Å². The number of aromatic nitrogens is 3. The van der Waals surface area contributed by atoms with Crippen LogP contribution in [0.2, 0.25) is 5.02 Å². The van der Waals surface area contributed by atoms with E-state index < -0.39 is 5.82 Å². The quantitative estimate of drug-likeness (QED) is 0.334. The van der Waals surface area contributed by atoms with Crippen molar-refractivity contribution >= 4 is 34.3 Å². The summed E-state index contributed by atoms with van der Waals surface area (Å²) in [5, 5.41) is 25.7. The van der Waals surface area contributed by atoms with Crippen LogP contribution in [0.4, 0.5) is 4.39 Å². The largest absolute Gasteiger partial charge is 0.510 e. The third-order valence-electron chi connectivity index (χ3n) is 5.44. The Bertz CT molecular complexity index is 1360. The van der Waals surface area contributed by atoms with Crippen molar-refractivity contribution in [2.75, 3.05) is 13.1 Å². The van der Waals surface area contributed by atoms with E-state index in [9.17, 15) is 9.50 Å². The molecule has 2 aromatic heterocycles. The van der Waals surface area contributed by atoms with E-state index in [1.807, 2.05) is 35.7 Å². The summed E-state index contributed by atoms with van der Waals surface area (Å²) < 4.78 is 19.3. The highest BCUT2D eigenvalue weighted by Crippen LogP contribution is 2.32. The molecule has 2 aromatic carbocycles. The maximum Gasteiger partial charge on any atom is 0.227 e. The first kappa shape index (κ1) is 22.2. The number of nitrogens with one attached hydrogen (secondary N) is 1. The monoisotopic (exact) mass is 495 g/mol. The average Bonchev–Trinajstić information content (AvgIpc) is 3.55. The van der Waals surface area contributed by atoms with Crippen molar-refractivity contribution in [3.8, 4) is 22.6 Å². The number of nitrogens with zero attached hydrogens (tertiary/aromatic N) is 4. The molecule has 0 bridgehead atoms. The van der Waals surface area contributed by atoms with Gasteiger partial charge in [-0.1, -0.05) is 53.2 Å². The van der Waals surface area contributed by atoms with Crippen LogP contribution in [-0.2, 0) is 6.42 Å². The van der Waals surface area contributed by atoms with Crippen LogP contribution in [0.25, 0.3) is 28.2 Å². The van der Waals surface area contributed by atoms with Crippen molar-refractivity contribution in [3.63, 3.8) is 0 Å². The van der Waals surface area contributed by atoms with E-state index >= 15 is 0 Å². The van der Waals surface area contributed by atoms with Gasteiger partial charge in [0.25, 0.3) is 0 Å². The lowest BCUT2D eigenvalue weighted by Gasteiger charge is -2.17. The molecule has 0 saturated carbocycles. The minimum absolute atomic E-state index is 0.103. The summed E-state index contributed by atoms with van der Waals surface area (Å²) in [6.45, 7) is 0.746. The predicted molar refractivity (Wildman–Crippen MR) is 129 cm³/mol. The van der Waals surface area contributed by atoms with E-state index in [0.29, 0.717) is 35.9 Å². The lowest BCUT2D eigenvalue weighted by atomic mass is 10.2. The van der Waals surface area contributed by atoms with Gasteiger partial charge in [0.1, 0.15) is 22.4 Å². The molecule has 5 rings (SSSR count). The van der Waals surface area contributed by atoms with Gasteiger partial charge in [-0.05, 0) is 18.6 Å². The molecule has 10 heteroatoms. The zero-order valence-electron chi connectivity index (χ0n) is 17.8. The van der Waals surface area contributed by atoms with Crippen LogP contribution in [-0.4, -0.2) is 44.1 Å². The van der Waals surface area contributed by atoms with E-state index in [1.54, 1.807) is 11.0 Å². The summed E-state index contributed by atoms with van der Waals surface area (Å²) in [5.41, 5.74) is 2.37. The number of aryl methyl sites for hydroxylation is 1. The molecule has 0 saturated heterocycles. The predicted octanol–water partition coefficient (Wildman–Crippen LogP) is 5.85. The zero-order valence-corrected chi connectivity index (χ0v) is 19.4. The van der Waals surface area contributed by atoms with Gasteiger partial charge in [0.2, 0.25) is 11.7 Å². The van der Waals surface area contributed by atoms with Gasteiger partial charge in [-0.2, -0.15) is 4.98 Å². The standard InChI is InChI=1S/C24H19ClFN5O2S/c25-15-8-4-9-16(26)20(15)23-29-19(33-30-23)10-5-11-31-12-18(32)21(22(31)27)24-28-17(13-34-24)14-6-2-1-3-7-14/h1-4,6-9,13,27,32H,5,10-12H2. The first-order valence-corrected chi connectivity index (χ1v) is 11.8. The molecule has 2 N–H and O–H groups in total. The molecule has 0 atom stereocenters. The molecule has 0 amide bonds. The highest BCUT2D eigenvalue weighted by Gasteiger charge is 2.30. The molecule has 0 fully saturated rings. The average molecular weight is 496 g/mol. The highest BCUT2D eigenvalue weighted by atomic mass is 35.5. The Morgan fingerprint density at radius 3 is 2.76 bits per heavy atom. The molecule has 4 aromatic rings. The Morgan fingerprint density at radius 2 is 1.97 bits per heavy atom. The van der Waals surface area contributed by atoms with Gasteiger partial charge in [-0.3, -0.25) is 5.41 Å². The summed E-state index contributed by atoms with van der Waals surface area (Å²) in [7, 11) is 0. The molecule has 7 nitrogen and oxygen atoms in total. The molecular formula is C24H19ClFN5O2S. The Hall–Kier alpha value is -3.56. The topological polar surface area (TPSA) is 99.1 Å². The van der Waals surface area contributed by atoms with Gasteiger partial charge in [-0.25, -0.2) is 9.37 Å². The molecule has 1 aliphatic heterocycles. The Morgan fingerprint density at radius 1 is 1.15 bits per heavy atom. The maximum absolute atomic E-state index is 14.1.